The van der Waals surface area contributed by atoms with Crippen molar-refractivity contribution in [2.24, 2.45) is 0 Å². The van der Waals surface area contributed by atoms with Gasteiger partial charge in [0.15, 0.2) is 0 Å². The van der Waals surface area contributed by atoms with Crippen LogP contribution in [0.2, 0.25) is 0 Å². The number of aliphatic carboxylic acids is 1. The SMILES string of the molecule is CN1CCN(C)CCN(CC(=O)O)CCN(C=O)CC1. The first-order valence-electron chi connectivity index (χ1n) is 7.02. The molecule has 0 spiro atoms. The maximum atomic E-state index is 11.0. The van der Waals surface area contributed by atoms with Crippen molar-refractivity contribution < 1.29 is 14.7 Å². The molecule has 1 aliphatic heterocycles. The van der Waals surface area contributed by atoms with Gasteiger partial charge in [0.05, 0.1) is 6.54 Å². The van der Waals surface area contributed by atoms with Crippen LogP contribution in [0.4, 0.5) is 0 Å². The van der Waals surface area contributed by atoms with Crippen molar-refractivity contribution in [2.45, 2.75) is 0 Å². The molecule has 1 fully saturated rings. The Labute approximate surface area is 120 Å². The molecule has 1 heterocycles. The smallest absolute Gasteiger partial charge is 0.317 e. The Kier molecular flexibility index (Phi) is 7.50. The second-order valence-electron chi connectivity index (χ2n) is 5.42. The number of amides is 1. The van der Waals surface area contributed by atoms with Crippen LogP contribution in [0, 0.1) is 0 Å². The van der Waals surface area contributed by atoms with Crippen LogP contribution in [0.15, 0.2) is 0 Å². The second kappa shape index (κ2) is 8.89. The molecule has 0 aromatic carbocycles. The molecule has 7 heteroatoms. The second-order valence-corrected chi connectivity index (χ2v) is 5.42. The summed E-state index contributed by atoms with van der Waals surface area (Å²) in [5.41, 5.74) is 0. The van der Waals surface area contributed by atoms with Crippen LogP contribution in [-0.4, -0.2) is 110 Å². The number of carboxylic acids is 1. The molecule has 0 aromatic rings. The summed E-state index contributed by atoms with van der Waals surface area (Å²) in [6.45, 7) is 6.16. The number of nitrogens with zero attached hydrogens (tertiary/aromatic N) is 4. The van der Waals surface area contributed by atoms with Crippen LogP contribution in [0.3, 0.4) is 0 Å². The van der Waals surface area contributed by atoms with Crippen LogP contribution < -0.4 is 0 Å². The number of likely N-dealkylation sites (N-methyl/N-ethyl adjacent to an activating group) is 2. The van der Waals surface area contributed by atoms with E-state index in [4.69, 9.17) is 5.11 Å². The lowest BCUT2D eigenvalue weighted by Crippen LogP contribution is -2.45. The normalized spacial score (nSPS) is 22.0. The van der Waals surface area contributed by atoms with Gasteiger partial charge in [0, 0.05) is 52.4 Å². The van der Waals surface area contributed by atoms with Crippen molar-refractivity contribution in [2.75, 3.05) is 73.0 Å². The zero-order valence-corrected chi connectivity index (χ0v) is 12.5. The van der Waals surface area contributed by atoms with Crippen molar-refractivity contribution in [3.8, 4) is 0 Å². The monoisotopic (exact) mass is 286 g/mol. The van der Waals surface area contributed by atoms with E-state index in [-0.39, 0.29) is 6.54 Å². The third-order valence-corrected chi connectivity index (χ3v) is 3.64. The highest BCUT2D eigenvalue weighted by molar-refractivity contribution is 5.69. The molecule has 1 saturated heterocycles. The Balaban J connectivity index is 2.59. The largest absolute Gasteiger partial charge is 0.480 e. The molecule has 20 heavy (non-hydrogen) atoms. The van der Waals surface area contributed by atoms with Crippen molar-refractivity contribution in [1.82, 2.24) is 19.6 Å². The summed E-state index contributed by atoms with van der Waals surface area (Å²) in [5.74, 6) is -0.822. The highest BCUT2D eigenvalue weighted by atomic mass is 16.4. The van der Waals surface area contributed by atoms with E-state index >= 15 is 0 Å². The van der Waals surface area contributed by atoms with E-state index in [9.17, 15) is 9.59 Å². The number of carboxylic acid groups (broad SMARTS) is 1. The highest BCUT2D eigenvalue weighted by Crippen LogP contribution is 1.96. The van der Waals surface area contributed by atoms with Crippen LogP contribution in [0.5, 0.6) is 0 Å². The molecule has 1 amide bonds. The van der Waals surface area contributed by atoms with E-state index in [0.29, 0.717) is 26.2 Å². The molecule has 0 unspecified atom stereocenters. The lowest BCUT2D eigenvalue weighted by molar-refractivity contribution is -0.138. The minimum atomic E-state index is -0.822. The molecular weight excluding hydrogens is 260 g/mol. The summed E-state index contributed by atoms with van der Waals surface area (Å²) in [6.07, 6.45) is 0.852. The van der Waals surface area contributed by atoms with Crippen molar-refractivity contribution in [3.05, 3.63) is 0 Å². The third-order valence-electron chi connectivity index (χ3n) is 3.64. The molecule has 1 aliphatic rings. The molecule has 1 N–H and O–H groups in total. The minimum absolute atomic E-state index is 0.0282. The van der Waals surface area contributed by atoms with Crippen LogP contribution in [0.1, 0.15) is 0 Å². The van der Waals surface area contributed by atoms with Gasteiger partial charge < -0.3 is 19.8 Å². The topological polar surface area (TPSA) is 67.3 Å². The summed E-state index contributed by atoms with van der Waals surface area (Å²) >= 11 is 0. The summed E-state index contributed by atoms with van der Waals surface area (Å²) in [5, 5.41) is 8.93. The third kappa shape index (κ3) is 6.83. The fourth-order valence-corrected chi connectivity index (χ4v) is 2.12. The van der Waals surface area contributed by atoms with Crippen LogP contribution in [-0.2, 0) is 9.59 Å². The van der Waals surface area contributed by atoms with Gasteiger partial charge in [-0.3, -0.25) is 14.5 Å². The molecule has 7 nitrogen and oxygen atoms in total. The van der Waals surface area contributed by atoms with Gasteiger partial charge in [-0.1, -0.05) is 0 Å². The maximum Gasteiger partial charge on any atom is 0.317 e. The summed E-state index contributed by atoms with van der Waals surface area (Å²) in [6, 6.07) is 0. The number of hydrogen-bond donors (Lipinski definition) is 1. The molecule has 116 valence electrons. The van der Waals surface area contributed by atoms with E-state index < -0.39 is 5.97 Å². The average molecular weight is 286 g/mol. The van der Waals surface area contributed by atoms with Crippen molar-refractivity contribution >= 4 is 12.4 Å². The Bertz CT molecular complexity index is 314. The van der Waals surface area contributed by atoms with Gasteiger partial charge in [0.25, 0.3) is 0 Å². The first kappa shape index (κ1) is 16.9. The van der Waals surface area contributed by atoms with Gasteiger partial charge in [-0.2, -0.15) is 0 Å². The predicted octanol–water partition coefficient (Wildman–Crippen LogP) is -1.29. The summed E-state index contributed by atoms with van der Waals surface area (Å²) in [4.78, 5) is 29.9. The Morgan fingerprint density at radius 2 is 1.40 bits per heavy atom. The lowest BCUT2D eigenvalue weighted by atomic mass is 10.3. The van der Waals surface area contributed by atoms with Gasteiger partial charge >= 0.3 is 5.97 Å². The number of carbonyl (C=O) groups is 2. The van der Waals surface area contributed by atoms with Gasteiger partial charge in [0.1, 0.15) is 0 Å². The Morgan fingerprint density at radius 1 is 0.950 bits per heavy atom. The molecule has 1 rings (SSSR count). The highest BCUT2D eigenvalue weighted by Gasteiger charge is 2.14. The van der Waals surface area contributed by atoms with E-state index in [2.05, 4.69) is 23.9 Å². The van der Waals surface area contributed by atoms with Crippen LogP contribution in [0.25, 0.3) is 0 Å². The predicted molar refractivity (Wildman–Crippen MR) is 76.7 cm³/mol. The van der Waals surface area contributed by atoms with Crippen molar-refractivity contribution in [1.29, 1.82) is 0 Å². The van der Waals surface area contributed by atoms with E-state index in [1.165, 1.54) is 0 Å². The van der Waals surface area contributed by atoms with E-state index in [0.717, 1.165) is 32.6 Å². The summed E-state index contributed by atoms with van der Waals surface area (Å²) < 4.78 is 0. The molecule has 0 bridgehead atoms. The standard InChI is InChI=1S/C13H26N4O3/c1-14-3-4-15(2)6-8-17(12-18)10-9-16(7-5-14)11-13(19)20/h12H,3-11H2,1-2H3,(H,19,20). The van der Waals surface area contributed by atoms with E-state index in [1.807, 2.05) is 4.90 Å². The lowest BCUT2D eigenvalue weighted by Gasteiger charge is -2.30. The zero-order valence-electron chi connectivity index (χ0n) is 12.5. The van der Waals surface area contributed by atoms with Gasteiger partial charge in [-0.05, 0) is 14.1 Å². The quantitative estimate of drug-likeness (QED) is 0.651. The van der Waals surface area contributed by atoms with Crippen molar-refractivity contribution in [3.63, 3.8) is 0 Å². The first-order valence-corrected chi connectivity index (χ1v) is 7.02. The van der Waals surface area contributed by atoms with Gasteiger partial charge in [0.2, 0.25) is 6.41 Å². The Hall–Kier alpha value is -1.18. The minimum Gasteiger partial charge on any atom is -0.480 e. The number of carbonyl (C=O) groups excluding carboxylic acids is 1. The van der Waals surface area contributed by atoms with Gasteiger partial charge in [-0.25, -0.2) is 0 Å². The molecule has 0 atom stereocenters. The first-order chi connectivity index (χ1) is 9.51. The van der Waals surface area contributed by atoms with E-state index in [1.54, 1.807) is 4.90 Å². The van der Waals surface area contributed by atoms with Gasteiger partial charge in [-0.15, -0.1) is 0 Å². The molecule has 0 radical (unpaired) electrons. The Morgan fingerprint density at radius 3 is 1.95 bits per heavy atom. The number of hydrogen-bond acceptors (Lipinski definition) is 5. The molecule has 0 aliphatic carbocycles. The maximum absolute atomic E-state index is 11.0. The van der Waals surface area contributed by atoms with Crippen LogP contribution >= 0.6 is 0 Å². The fraction of sp³-hybridized carbons (Fsp3) is 0.846. The average Bonchev–Trinajstić information content (AvgIpc) is 2.40. The zero-order chi connectivity index (χ0) is 15.0. The fourth-order valence-electron chi connectivity index (χ4n) is 2.12. The molecular formula is C13H26N4O3. The molecule has 0 aromatic heterocycles. The number of rotatable bonds is 3. The molecule has 0 saturated carbocycles. The summed E-state index contributed by atoms with van der Waals surface area (Å²) in [7, 11) is 4.11.